The third kappa shape index (κ3) is 5.32. The number of carbonyl (C=O) groups excluding carboxylic acids is 2. The van der Waals surface area contributed by atoms with Crippen molar-refractivity contribution >= 4 is 17.5 Å². The van der Waals surface area contributed by atoms with Gasteiger partial charge in [-0.05, 0) is 36.4 Å². The van der Waals surface area contributed by atoms with E-state index in [4.69, 9.17) is 4.74 Å². The molecule has 26 heavy (non-hydrogen) atoms. The molecule has 0 spiro atoms. The van der Waals surface area contributed by atoms with E-state index < -0.39 is 17.6 Å². The number of alkyl halides is 3. The molecular weight excluding hydrogens is 349 g/mol. The summed E-state index contributed by atoms with van der Waals surface area (Å²) in [7, 11) is 1.50. The van der Waals surface area contributed by atoms with Crippen LogP contribution in [-0.2, 0) is 10.9 Å². The van der Waals surface area contributed by atoms with Gasteiger partial charge in [-0.2, -0.15) is 13.2 Å². The van der Waals surface area contributed by atoms with Crippen LogP contribution in [0.2, 0.25) is 0 Å². The van der Waals surface area contributed by atoms with E-state index >= 15 is 0 Å². The number of carbonyl (C=O) groups is 2. The Morgan fingerprint density at radius 3 is 2.31 bits per heavy atom. The molecule has 2 aromatic rings. The summed E-state index contributed by atoms with van der Waals surface area (Å²) in [6.07, 6.45) is -4.50. The number of nitrogens with one attached hydrogen (secondary N) is 2. The van der Waals surface area contributed by atoms with Gasteiger partial charge in [-0.1, -0.05) is 12.1 Å². The molecule has 0 radical (unpaired) electrons. The van der Waals surface area contributed by atoms with Gasteiger partial charge in [-0.15, -0.1) is 0 Å². The lowest BCUT2D eigenvalue weighted by Crippen LogP contribution is -2.27. The van der Waals surface area contributed by atoms with Crippen molar-refractivity contribution in [3.8, 4) is 0 Å². The summed E-state index contributed by atoms with van der Waals surface area (Å²) in [6.45, 7) is 0.664. The molecule has 2 aromatic carbocycles. The number of rotatable bonds is 6. The summed E-state index contributed by atoms with van der Waals surface area (Å²) >= 11 is 0. The molecule has 2 N–H and O–H groups in total. The number of amides is 2. The van der Waals surface area contributed by atoms with Crippen molar-refractivity contribution < 1.29 is 27.5 Å². The number of methoxy groups -OCH3 is 1. The molecule has 138 valence electrons. The average Bonchev–Trinajstić information content (AvgIpc) is 2.61. The first-order valence-electron chi connectivity index (χ1n) is 7.67. The van der Waals surface area contributed by atoms with Crippen molar-refractivity contribution in [3.63, 3.8) is 0 Å². The first-order chi connectivity index (χ1) is 12.3. The van der Waals surface area contributed by atoms with Crippen molar-refractivity contribution in [1.82, 2.24) is 5.32 Å². The van der Waals surface area contributed by atoms with Crippen LogP contribution in [0.5, 0.6) is 0 Å². The Labute approximate surface area is 148 Å². The Bertz CT molecular complexity index is 791. The van der Waals surface area contributed by atoms with E-state index in [0.29, 0.717) is 13.2 Å². The zero-order valence-electron chi connectivity index (χ0n) is 13.9. The highest BCUT2D eigenvalue weighted by atomic mass is 19.4. The largest absolute Gasteiger partial charge is 0.416 e. The van der Waals surface area contributed by atoms with Crippen LogP contribution in [0.1, 0.15) is 26.3 Å². The van der Waals surface area contributed by atoms with E-state index in [2.05, 4.69) is 10.6 Å². The lowest BCUT2D eigenvalue weighted by molar-refractivity contribution is -0.137. The standard InChI is InChI=1S/C18H17F3N2O3/c1-26-9-8-22-16(24)12-4-2-5-13(10-12)17(25)23-15-7-3-6-14(11-15)18(19,20)21/h2-7,10-11H,8-9H2,1H3,(H,22,24)(H,23,25). The van der Waals surface area contributed by atoms with E-state index in [-0.39, 0.29) is 22.7 Å². The van der Waals surface area contributed by atoms with E-state index in [1.807, 2.05) is 0 Å². The van der Waals surface area contributed by atoms with Crippen molar-refractivity contribution in [2.75, 3.05) is 25.6 Å². The zero-order valence-corrected chi connectivity index (χ0v) is 13.9. The predicted octanol–water partition coefficient (Wildman–Crippen LogP) is 3.33. The molecule has 0 saturated heterocycles. The van der Waals surface area contributed by atoms with Crippen LogP contribution in [0.15, 0.2) is 48.5 Å². The third-order valence-electron chi connectivity index (χ3n) is 3.43. The minimum atomic E-state index is -4.50. The number of anilines is 1. The number of benzene rings is 2. The maximum atomic E-state index is 12.7. The van der Waals surface area contributed by atoms with Gasteiger partial charge >= 0.3 is 6.18 Å². The van der Waals surface area contributed by atoms with Crippen molar-refractivity contribution in [1.29, 1.82) is 0 Å². The smallest absolute Gasteiger partial charge is 0.383 e. The third-order valence-corrected chi connectivity index (χ3v) is 3.43. The second-order valence-electron chi connectivity index (χ2n) is 5.36. The Morgan fingerprint density at radius 2 is 1.65 bits per heavy atom. The molecule has 2 amide bonds. The normalized spacial score (nSPS) is 11.1. The Hall–Kier alpha value is -2.87. The minimum Gasteiger partial charge on any atom is -0.383 e. The summed E-state index contributed by atoms with van der Waals surface area (Å²) < 4.78 is 43.0. The fourth-order valence-corrected chi connectivity index (χ4v) is 2.15. The van der Waals surface area contributed by atoms with Crippen molar-refractivity contribution in [2.24, 2.45) is 0 Å². The molecule has 0 aliphatic carbocycles. The second-order valence-corrected chi connectivity index (χ2v) is 5.36. The van der Waals surface area contributed by atoms with Crippen LogP contribution >= 0.6 is 0 Å². The molecule has 2 rings (SSSR count). The maximum absolute atomic E-state index is 12.7. The Kier molecular flexibility index (Phi) is 6.35. The molecule has 8 heteroatoms. The summed E-state index contributed by atoms with van der Waals surface area (Å²) in [5, 5.41) is 5.02. The summed E-state index contributed by atoms with van der Waals surface area (Å²) in [5.41, 5.74) is -0.430. The second kappa shape index (κ2) is 8.48. The maximum Gasteiger partial charge on any atom is 0.416 e. The molecule has 0 unspecified atom stereocenters. The van der Waals surface area contributed by atoms with Gasteiger partial charge in [-0.25, -0.2) is 0 Å². The predicted molar refractivity (Wildman–Crippen MR) is 90.0 cm³/mol. The molecule has 5 nitrogen and oxygen atoms in total. The number of hydrogen-bond donors (Lipinski definition) is 2. The van der Waals surface area contributed by atoms with E-state index in [9.17, 15) is 22.8 Å². The highest BCUT2D eigenvalue weighted by Gasteiger charge is 2.30. The zero-order chi connectivity index (χ0) is 19.2. The van der Waals surface area contributed by atoms with E-state index in [1.165, 1.54) is 43.5 Å². The van der Waals surface area contributed by atoms with Gasteiger partial charge in [0.2, 0.25) is 0 Å². The monoisotopic (exact) mass is 366 g/mol. The summed E-state index contributed by atoms with van der Waals surface area (Å²) in [4.78, 5) is 24.3. The van der Waals surface area contributed by atoms with Gasteiger partial charge in [0.1, 0.15) is 0 Å². The topological polar surface area (TPSA) is 67.4 Å². The van der Waals surface area contributed by atoms with Gasteiger partial charge in [0.15, 0.2) is 0 Å². The quantitative estimate of drug-likeness (QED) is 0.771. The molecule has 0 fully saturated rings. The molecular formula is C18H17F3N2O3. The Balaban J connectivity index is 2.11. The van der Waals surface area contributed by atoms with Gasteiger partial charge in [-0.3, -0.25) is 9.59 Å². The first kappa shape index (κ1) is 19.5. The highest BCUT2D eigenvalue weighted by molar-refractivity contribution is 6.06. The van der Waals surface area contributed by atoms with Crippen molar-refractivity contribution in [2.45, 2.75) is 6.18 Å². The van der Waals surface area contributed by atoms with Gasteiger partial charge in [0.05, 0.1) is 12.2 Å². The minimum absolute atomic E-state index is 0.0137. The van der Waals surface area contributed by atoms with Gasteiger partial charge < -0.3 is 15.4 Å². The number of halogens is 3. The fraction of sp³-hybridized carbons (Fsp3) is 0.222. The van der Waals surface area contributed by atoms with Crippen LogP contribution in [0.3, 0.4) is 0 Å². The van der Waals surface area contributed by atoms with Crippen LogP contribution < -0.4 is 10.6 Å². The molecule has 0 bridgehead atoms. The molecule has 0 aliphatic rings. The average molecular weight is 366 g/mol. The molecule has 0 aromatic heterocycles. The Morgan fingerprint density at radius 1 is 1.00 bits per heavy atom. The van der Waals surface area contributed by atoms with Crippen LogP contribution in [0, 0.1) is 0 Å². The highest BCUT2D eigenvalue weighted by Crippen LogP contribution is 2.30. The van der Waals surface area contributed by atoms with E-state index in [1.54, 1.807) is 0 Å². The number of ether oxygens (including phenoxy) is 1. The van der Waals surface area contributed by atoms with E-state index in [0.717, 1.165) is 12.1 Å². The number of hydrogen-bond acceptors (Lipinski definition) is 3. The lowest BCUT2D eigenvalue weighted by Gasteiger charge is -2.10. The fourth-order valence-electron chi connectivity index (χ4n) is 2.15. The molecule has 0 aliphatic heterocycles. The molecule has 0 saturated carbocycles. The molecule has 0 atom stereocenters. The summed E-state index contributed by atoms with van der Waals surface area (Å²) in [5.74, 6) is -0.994. The first-order valence-corrected chi connectivity index (χ1v) is 7.67. The van der Waals surface area contributed by atoms with Crippen molar-refractivity contribution in [3.05, 3.63) is 65.2 Å². The lowest BCUT2D eigenvalue weighted by atomic mass is 10.1. The van der Waals surface area contributed by atoms with Gasteiger partial charge in [0.25, 0.3) is 11.8 Å². The SMILES string of the molecule is COCCNC(=O)c1cccc(C(=O)Nc2cccc(C(F)(F)F)c2)c1. The summed E-state index contributed by atoms with van der Waals surface area (Å²) in [6, 6.07) is 10.2. The van der Waals surface area contributed by atoms with Gasteiger partial charge in [0, 0.05) is 30.5 Å². The van der Waals surface area contributed by atoms with Crippen LogP contribution in [0.25, 0.3) is 0 Å². The molecule has 0 heterocycles. The van der Waals surface area contributed by atoms with Crippen LogP contribution in [0.4, 0.5) is 18.9 Å². The van der Waals surface area contributed by atoms with Crippen LogP contribution in [-0.4, -0.2) is 32.1 Å².